The highest BCUT2D eigenvalue weighted by molar-refractivity contribution is 5.95. The topological polar surface area (TPSA) is 105 Å². The zero-order chi connectivity index (χ0) is 23.6. The molecule has 0 saturated heterocycles. The van der Waals surface area contributed by atoms with E-state index in [2.05, 4.69) is 22.8 Å². The van der Waals surface area contributed by atoms with Crippen LogP contribution in [-0.4, -0.2) is 41.3 Å². The summed E-state index contributed by atoms with van der Waals surface area (Å²) in [6.45, 7) is 4.08. The Morgan fingerprint density at radius 3 is 2.15 bits per heavy atom. The average molecular weight is 451 g/mol. The van der Waals surface area contributed by atoms with Gasteiger partial charge in [-0.3, -0.25) is 4.79 Å². The molecule has 3 N–H and O–H groups in total. The van der Waals surface area contributed by atoms with Crippen molar-refractivity contribution in [3.8, 4) is 11.1 Å². The Hall–Kier alpha value is -3.35. The lowest BCUT2D eigenvalue weighted by molar-refractivity contribution is -0.142. The van der Waals surface area contributed by atoms with Crippen LogP contribution in [0.25, 0.3) is 11.1 Å². The molecule has 2 aromatic carbocycles. The molecule has 4 rings (SSSR count). The van der Waals surface area contributed by atoms with Gasteiger partial charge in [0.15, 0.2) is 0 Å². The van der Waals surface area contributed by atoms with Crippen LogP contribution in [0.5, 0.6) is 0 Å². The number of ether oxygens (including phenoxy) is 1. The van der Waals surface area contributed by atoms with Gasteiger partial charge in [0.1, 0.15) is 18.2 Å². The summed E-state index contributed by atoms with van der Waals surface area (Å²) in [5, 5.41) is 14.8. The van der Waals surface area contributed by atoms with Gasteiger partial charge < -0.3 is 20.5 Å². The van der Waals surface area contributed by atoms with E-state index >= 15 is 0 Å². The molecule has 174 valence electrons. The molecular formula is C26H30N2O5. The summed E-state index contributed by atoms with van der Waals surface area (Å²) in [7, 11) is 0. The molecule has 2 aliphatic rings. The van der Waals surface area contributed by atoms with Crippen molar-refractivity contribution in [2.45, 2.75) is 57.0 Å². The van der Waals surface area contributed by atoms with E-state index in [4.69, 9.17) is 4.74 Å². The Kier molecular flexibility index (Phi) is 6.40. The number of carboxylic acids is 1. The lowest BCUT2D eigenvalue weighted by Gasteiger charge is -2.23. The Balaban J connectivity index is 1.37. The molecule has 0 aromatic heterocycles. The molecule has 7 nitrogen and oxygen atoms in total. The minimum atomic E-state index is -1.09. The van der Waals surface area contributed by atoms with Crippen molar-refractivity contribution in [3.63, 3.8) is 0 Å². The maximum atomic E-state index is 12.8. The first-order valence-electron chi connectivity index (χ1n) is 11.5. The van der Waals surface area contributed by atoms with Crippen molar-refractivity contribution in [2.75, 3.05) is 6.61 Å². The molecule has 7 heteroatoms. The molecule has 0 aliphatic heterocycles. The fourth-order valence-electron chi connectivity index (χ4n) is 4.45. The van der Waals surface area contributed by atoms with E-state index in [0.29, 0.717) is 19.3 Å². The molecule has 0 bridgehead atoms. The van der Waals surface area contributed by atoms with Crippen LogP contribution < -0.4 is 10.6 Å². The van der Waals surface area contributed by atoms with E-state index in [0.717, 1.165) is 28.7 Å². The van der Waals surface area contributed by atoms with Crippen molar-refractivity contribution in [1.82, 2.24) is 10.6 Å². The number of hydrogen-bond donors (Lipinski definition) is 3. The van der Waals surface area contributed by atoms with Crippen molar-refractivity contribution >= 4 is 18.0 Å². The van der Waals surface area contributed by atoms with Gasteiger partial charge in [0.25, 0.3) is 0 Å². The van der Waals surface area contributed by atoms with E-state index in [1.54, 1.807) is 0 Å². The molecule has 1 saturated carbocycles. The molecule has 0 spiro atoms. The summed E-state index contributed by atoms with van der Waals surface area (Å²) >= 11 is 0. The SMILES string of the molecule is CCC(C)CC(NC(=O)C1(NC(=O)OCC2c3ccccc3-c3ccccc32)CC1)C(=O)O. The van der Waals surface area contributed by atoms with Crippen LogP contribution in [0.2, 0.25) is 0 Å². The highest BCUT2D eigenvalue weighted by Gasteiger charge is 2.52. The van der Waals surface area contributed by atoms with Crippen LogP contribution in [0.3, 0.4) is 0 Å². The predicted octanol–water partition coefficient (Wildman–Crippen LogP) is 4.06. The highest BCUT2D eigenvalue weighted by atomic mass is 16.5. The van der Waals surface area contributed by atoms with Gasteiger partial charge in [-0.25, -0.2) is 9.59 Å². The molecule has 2 aromatic rings. The summed E-state index contributed by atoms with van der Waals surface area (Å²) < 4.78 is 5.55. The van der Waals surface area contributed by atoms with Crippen molar-refractivity contribution in [2.24, 2.45) is 5.92 Å². The Labute approximate surface area is 193 Å². The molecule has 0 radical (unpaired) electrons. The Morgan fingerprint density at radius 1 is 1.06 bits per heavy atom. The van der Waals surface area contributed by atoms with E-state index in [1.165, 1.54) is 0 Å². The van der Waals surface area contributed by atoms with Crippen molar-refractivity contribution in [1.29, 1.82) is 0 Å². The summed E-state index contributed by atoms with van der Waals surface area (Å²) in [4.78, 5) is 37.0. The maximum absolute atomic E-state index is 12.8. The number of aliphatic carboxylic acids is 1. The van der Waals surface area contributed by atoms with Crippen LogP contribution in [0.1, 0.15) is 56.6 Å². The van der Waals surface area contributed by atoms with Gasteiger partial charge in [-0.15, -0.1) is 0 Å². The molecule has 0 heterocycles. The lowest BCUT2D eigenvalue weighted by atomic mass is 9.98. The molecule has 2 atom stereocenters. The van der Waals surface area contributed by atoms with Crippen LogP contribution >= 0.6 is 0 Å². The normalized spacial score (nSPS) is 17.3. The van der Waals surface area contributed by atoms with Gasteiger partial charge in [-0.2, -0.15) is 0 Å². The number of carboxylic acid groups (broad SMARTS) is 1. The first-order valence-corrected chi connectivity index (χ1v) is 11.5. The number of nitrogens with one attached hydrogen (secondary N) is 2. The second-order valence-electron chi connectivity index (χ2n) is 9.15. The van der Waals surface area contributed by atoms with E-state index in [-0.39, 0.29) is 18.4 Å². The number of fused-ring (bicyclic) bond motifs is 3. The van der Waals surface area contributed by atoms with Crippen LogP contribution in [-0.2, 0) is 14.3 Å². The van der Waals surface area contributed by atoms with Crippen molar-refractivity contribution in [3.05, 3.63) is 59.7 Å². The third-order valence-corrected chi connectivity index (χ3v) is 6.81. The number of benzene rings is 2. The third-order valence-electron chi connectivity index (χ3n) is 6.81. The van der Waals surface area contributed by atoms with E-state index in [9.17, 15) is 19.5 Å². The number of alkyl carbamates (subject to hydrolysis) is 1. The van der Waals surface area contributed by atoms with Gasteiger partial charge in [-0.05, 0) is 47.4 Å². The smallest absolute Gasteiger partial charge is 0.408 e. The van der Waals surface area contributed by atoms with Crippen molar-refractivity contribution < 1.29 is 24.2 Å². The van der Waals surface area contributed by atoms with E-state index < -0.39 is 29.6 Å². The largest absolute Gasteiger partial charge is 0.480 e. The number of carbonyl (C=O) groups is 3. The van der Waals surface area contributed by atoms with Gasteiger partial charge in [0, 0.05) is 5.92 Å². The molecule has 33 heavy (non-hydrogen) atoms. The van der Waals surface area contributed by atoms with Gasteiger partial charge in [-0.1, -0.05) is 68.8 Å². The summed E-state index contributed by atoms with van der Waals surface area (Å²) in [6, 6.07) is 15.2. The first kappa shape index (κ1) is 22.8. The highest BCUT2D eigenvalue weighted by Crippen LogP contribution is 2.44. The lowest BCUT2D eigenvalue weighted by Crippen LogP contribution is -2.53. The molecule has 1 fully saturated rings. The monoisotopic (exact) mass is 450 g/mol. The van der Waals surface area contributed by atoms with Crippen LogP contribution in [0, 0.1) is 5.92 Å². The molecule has 2 unspecified atom stereocenters. The van der Waals surface area contributed by atoms with Crippen LogP contribution in [0.4, 0.5) is 4.79 Å². The number of rotatable bonds is 9. The Bertz CT molecular complexity index is 1020. The zero-order valence-electron chi connectivity index (χ0n) is 19.0. The number of hydrogen-bond acceptors (Lipinski definition) is 4. The molecule has 2 amide bonds. The van der Waals surface area contributed by atoms with Gasteiger partial charge >= 0.3 is 12.1 Å². The van der Waals surface area contributed by atoms with Crippen LogP contribution in [0.15, 0.2) is 48.5 Å². The van der Waals surface area contributed by atoms with E-state index in [1.807, 2.05) is 50.2 Å². The second-order valence-corrected chi connectivity index (χ2v) is 9.15. The summed E-state index contributed by atoms with van der Waals surface area (Å²) in [5.41, 5.74) is 3.41. The zero-order valence-corrected chi connectivity index (χ0v) is 19.0. The third kappa shape index (κ3) is 4.72. The standard InChI is InChI=1S/C26H30N2O5/c1-3-16(2)14-22(23(29)30)27-24(31)26(12-13-26)28-25(32)33-15-21-19-10-6-4-8-17(19)18-9-5-7-11-20(18)21/h4-11,16,21-22H,3,12-15H2,1-2H3,(H,27,31)(H,28,32)(H,29,30). The summed E-state index contributed by atoms with van der Waals surface area (Å²) in [5.74, 6) is -1.44. The molecule has 2 aliphatic carbocycles. The van der Waals surface area contributed by atoms with Gasteiger partial charge in [0.05, 0.1) is 0 Å². The first-order chi connectivity index (χ1) is 15.8. The van der Waals surface area contributed by atoms with Gasteiger partial charge in [0.2, 0.25) is 5.91 Å². The predicted molar refractivity (Wildman–Crippen MR) is 124 cm³/mol. The fraction of sp³-hybridized carbons (Fsp3) is 0.423. The average Bonchev–Trinajstić information content (AvgIpc) is 3.52. The second kappa shape index (κ2) is 9.25. The number of amides is 2. The quantitative estimate of drug-likeness (QED) is 0.534. The minimum absolute atomic E-state index is 0.0703. The number of carbonyl (C=O) groups excluding carboxylic acids is 2. The fourth-order valence-corrected chi connectivity index (χ4v) is 4.45. The maximum Gasteiger partial charge on any atom is 0.408 e. The Morgan fingerprint density at radius 2 is 1.64 bits per heavy atom. The molecular weight excluding hydrogens is 420 g/mol. The summed E-state index contributed by atoms with van der Waals surface area (Å²) in [6.07, 6.45) is 1.41. The minimum Gasteiger partial charge on any atom is -0.480 e.